The Labute approximate surface area is 131 Å². The Kier molecular flexibility index (Phi) is 5.33. The van der Waals surface area contributed by atoms with Crippen molar-refractivity contribution in [3.8, 4) is 5.75 Å². The monoisotopic (exact) mass is 351 g/mol. The molecule has 3 nitrogen and oxygen atoms in total. The molecule has 0 spiro atoms. The molecule has 1 atom stereocenters. The minimum absolute atomic E-state index is 0.0752. The van der Waals surface area contributed by atoms with Crippen LogP contribution in [0.1, 0.15) is 18.5 Å². The van der Waals surface area contributed by atoms with Gasteiger partial charge in [0.2, 0.25) is 0 Å². The van der Waals surface area contributed by atoms with Crippen molar-refractivity contribution in [3.63, 3.8) is 0 Å². The molecule has 2 aromatic carbocycles. The third kappa shape index (κ3) is 4.56. The van der Waals surface area contributed by atoms with Crippen molar-refractivity contribution in [2.45, 2.75) is 13.0 Å². The topological polar surface area (TPSA) is 38.3 Å². The lowest BCUT2D eigenvalue weighted by molar-refractivity contribution is -0.123. The summed E-state index contributed by atoms with van der Waals surface area (Å²) in [6.07, 6.45) is 0. The van der Waals surface area contributed by atoms with E-state index in [1.807, 2.05) is 25.1 Å². The number of carbonyl (C=O) groups is 1. The van der Waals surface area contributed by atoms with Gasteiger partial charge in [-0.15, -0.1) is 0 Å². The second-order valence-electron chi connectivity index (χ2n) is 4.56. The predicted molar refractivity (Wildman–Crippen MR) is 82.6 cm³/mol. The first-order valence-corrected chi connectivity index (χ1v) is 7.27. The predicted octanol–water partition coefficient (Wildman–Crippen LogP) is 3.84. The average Bonchev–Trinajstić information content (AvgIpc) is 2.47. The number of rotatable bonds is 5. The summed E-state index contributed by atoms with van der Waals surface area (Å²) in [5.74, 6) is 0.0826. The lowest BCUT2D eigenvalue weighted by Crippen LogP contribution is -2.31. The number of nitrogens with one attached hydrogen (secondary N) is 1. The van der Waals surface area contributed by atoms with Gasteiger partial charge in [0.05, 0.1) is 10.5 Å². The molecule has 1 N–H and O–H groups in total. The first-order valence-electron chi connectivity index (χ1n) is 6.48. The van der Waals surface area contributed by atoms with Gasteiger partial charge in [0.15, 0.2) is 6.61 Å². The van der Waals surface area contributed by atoms with Gasteiger partial charge in [-0.1, -0.05) is 24.3 Å². The number of para-hydroxylation sites is 1. The van der Waals surface area contributed by atoms with Crippen LogP contribution in [-0.2, 0) is 4.79 Å². The van der Waals surface area contributed by atoms with Crippen LogP contribution >= 0.6 is 15.9 Å². The van der Waals surface area contributed by atoms with Crippen LogP contribution in [0.3, 0.4) is 0 Å². The molecule has 0 heterocycles. The highest BCUT2D eigenvalue weighted by molar-refractivity contribution is 9.10. The molecule has 1 unspecified atom stereocenters. The first kappa shape index (κ1) is 15.5. The largest absolute Gasteiger partial charge is 0.483 e. The quantitative estimate of drug-likeness (QED) is 0.888. The van der Waals surface area contributed by atoms with Crippen molar-refractivity contribution >= 4 is 21.8 Å². The zero-order valence-corrected chi connectivity index (χ0v) is 13.1. The van der Waals surface area contributed by atoms with Crippen LogP contribution in [0.15, 0.2) is 53.0 Å². The maximum atomic E-state index is 12.8. The zero-order valence-electron chi connectivity index (χ0n) is 11.5. The SMILES string of the molecule is CC(NC(=O)COc1ccccc1Br)c1ccc(F)cc1. The minimum atomic E-state index is -0.297. The van der Waals surface area contributed by atoms with Crippen molar-refractivity contribution in [2.24, 2.45) is 0 Å². The molecule has 2 aromatic rings. The molecular formula is C16H15BrFNO2. The van der Waals surface area contributed by atoms with Gasteiger partial charge in [-0.3, -0.25) is 4.79 Å². The first-order chi connectivity index (χ1) is 10.1. The van der Waals surface area contributed by atoms with Crippen LogP contribution in [0, 0.1) is 5.82 Å². The summed E-state index contributed by atoms with van der Waals surface area (Å²) in [4.78, 5) is 11.9. The molecule has 0 aliphatic heterocycles. The number of hydrogen-bond acceptors (Lipinski definition) is 2. The van der Waals surface area contributed by atoms with E-state index in [0.29, 0.717) is 5.75 Å². The van der Waals surface area contributed by atoms with E-state index in [9.17, 15) is 9.18 Å². The van der Waals surface area contributed by atoms with Crippen LogP contribution in [0.25, 0.3) is 0 Å². The third-order valence-electron chi connectivity index (χ3n) is 2.94. The smallest absolute Gasteiger partial charge is 0.258 e. The number of hydrogen-bond donors (Lipinski definition) is 1. The maximum Gasteiger partial charge on any atom is 0.258 e. The van der Waals surface area contributed by atoms with Crippen molar-refractivity contribution in [3.05, 3.63) is 64.4 Å². The summed E-state index contributed by atoms with van der Waals surface area (Å²) in [6.45, 7) is 1.76. The molecule has 0 aliphatic rings. The second-order valence-corrected chi connectivity index (χ2v) is 5.41. The van der Waals surface area contributed by atoms with E-state index in [0.717, 1.165) is 10.0 Å². The summed E-state index contributed by atoms with van der Waals surface area (Å²) >= 11 is 3.35. The molecule has 1 amide bonds. The number of amides is 1. The highest BCUT2D eigenvalue weighted by Crippen LogP contribution is 2.23. The third-order valence-corrected chi connectivity index (χ3v) is 3.60. The fourth-order valence-electron chi connectivity index (χ4n) is 1.82. The Hall–Kier alpha value is -1.88. The van der Waals surface area contributed by atoms with E-state index in [2.05, 4.69) is 21.2 Å². The molecule has 0 aromatic heterocycles. The molecule has 0 bridgehead atoms. The lowest BCUT2D eigenvalue weighted by Gasteiger charge is -2.15. The number of halogens is 2. The van der Waals surface area contributed by atoms with E-state index in [1.54, 1.807) is 18.2 Å². The summed E-state index contributed by atoms with van der Waals surface area (Å²) in [5.41, 5.74) is 0.839. The molecule has 5 heteroatoms. The normalized spacial score (nSPS) is 11.8. The summed E-state index contributed by atoms with van der Waals surface area (Å²) in [5, 5.41) is 2.80. The van der Waals surface area contributed by atoms with Gasteiger partial charge in [0.1, 0.15) is 11.6 Å². The standard InChI is InChI=1S/C16H15BrFNO2/c1-11(12-6-8-13(18)9-7-12)19-16(20)10-21-15-5-3-2-4-14(15)17/h2-9,11H,10H2,1H3,(H,19,20). The zero-order chi connectivity index (χ0) is 15.2. The second kappa shape index (κ2) is 7.22. The molecule has 2 rings (SSSR count). The van der Waals surface area contributed by atoms with Crippen LogP contribution < -0.4 is 10.1 Å². The van der Waals surface area contributed by atoms with Crippen molar-refractivity contribution < 1.29 is 13.9 Å². The van der Waals surface area contributed by atoms with Crippen LogP contribution in [0.5, 0.6) is 5.75 Å². The molecule has 0 saturated carbocycles. The molecule has 0 fully saturated rings. The molecule has 21 heavy (non-hydrogen) atoms. The number of benzene rings is 2. The maximum absolute atomic E-state index is 12.8. The van der Waals surface area contributed by atoms with Crippen LogP contribution in [-0.4, -0.2) is 12.5 Å². The van der Waals surface area contributed by atoms with Gasteiger partial charge in [-0.2, -0.15) is 0 Å². The summed E-state index contributed by atoms with van der Waals surface area (Å²) < 4.78 is 19.1. The minimum Gasteiger partial charge on any atom is -0.483 e. The molecule has 0 aliphatic carbocycles. The van der Waals surface area contributed by atoms with Crippen molar-refractivity contribution in [1.29, 1.82) is 0 Å². The Bertz CT molecular complexity index is 616. The molecule has 110 valence electrons. The van der Waals surface area contributed by atoms with E-state index in [1.165, 1.54) is 12.1 Å². The molecule has 0 radical (unpaired) electrons. The fraction of sp³-hybridized carbons (Fsp3) is 0.188. The van der Waals surface area contributed by atoms with Gasteiger partial charge in [-0.05, 0) is 52.7 Å². The van der Waals surface area contributed by atoms with Gasteiger partial charge in [0, 0.05) is 0 Å². The van der Waals surface area contributed by atoms with Gasteiger partial charge < -0.3 is 10.1 Å². The summed E-state index contributed by atoms with van der Waals surface area (Å²) in [6, 6.07) is 13.2. The Balaban J connectivity index is 1.87. The van der Waals surface area contributed by atoms with Gasteiger partial charge >= 0.3 is 0 Å². The van der Waals surface area contributed by atoms with E-state index in [-0.39, 0.29) is 24.4 Å². The molecule has 0 saturated heterocycles. The van der Waals surface area contributed by atoms with E-state index >= 15 is 0 Å². The summed E-state index contributed by atoms with van der Waals surface area (Å²) in [7, 11) is 0. The van der Waals surface area contributed by atoms with Crippen LogP contribution in [0.2, 0.25) is 0 Å². The van der Waals surface area contributed by atoms with E-state index < -0.39 is 0 Å². The van der Waals surface area contributed by atoms with Gasteiger partial charge in [-0.25, -0.2) is 4.39 Å². The van der Waals surface area contributed by atoms with Crippen molar-refractivity contribution in [1.82, 2.24) is 5.32 Å². The van der Waals surface area contributed by atoms with Crippen molar-refractivity contribution in [2.75, 3.05) is 6.61 Å². The number of ether oxygens (including phenoxy) is 1. The fourth-order valence-corrected chi connectivity index (χ4v) is 2.22. The average molecular weight is 352 g/mol. The highest BCUT2D eigenvalue weighted by atomic mass is 79.9. The Morgan fingerprint density at radius 1 is 1.24 bits per heavy atom. The Morgan fingerprint density at radius 3 is 2.57 bits per heavy atom. The van der Waals surface area contributed by atoms with Gasteiger partial charge in [0.25, 0.3) is 5.91 Å². The van der Waals surface area contributed by atoms with E-state index in [4.69, 9.17) is 4.74 Å². The Morgan fingerprint density at radius 2 is 1.90 bits per heavy atom. The molecular weight excluding hydrogens is 337 g/mol. The van der Waals surface area contributed by atoms with Crippen LogP contribution in [0.4, 0.5) is 4.39 Å². The highest BCUT2D eigenvalue weighted by Gasteiger charge is 2.10. The lowest BCUT2D eigenvalue weighted by atomic mass is 10.1. The number of carbonyl (C=O) groups excluding carboxylic acids is 1.